The SMILES string of the molecule is Cc1cc(C)c2c(C)c(C(=O)NC3CC(NC(=O)c4cccc(N)c4F)C3)[nH]c2c1. The summed E-state index contributed by atoms with van der Waals surface area (Å²) in [5.41, 5.74) is 10.1. The Morgan fingerprint density at radius 3 is 2.43 bits per heavy atom. The molecule has 4 rings (SSSR count). The lowest BCUT2D eigenvalue weighted by Gasteiger charge is -2.36. The molecule has 1 aromatic heterocycles. The number of carbonyl (C=O) groups is 2. The number of nitrogens with two attached hydrogens (primary N) is 1. The van der Waals surface area contributed by atoms with E-state index in [9.17, 15) is 14.0 Å². The number of hydrogen-bond donors (Lipinski definition) is 4. The van der Waals surface area contributed by atoms with Gasteiger partial charge in [0, 0.05) is 23.0 Å². The molecule has 156 valence electrons. The minimum absolute atomic E-state index is 0.0397. The Labute approximate surface area is 174 Å². The van der Waals surface area contributed by atoms with Crippen molar-refractivity contribution in [2.24, 2.45) is 0 Å². The summed E-state index contributed by atoms with van der Waals surface area (Å²) < 4.78 is 14.0. The second kappa shape index (κ2) is 7.48. The van der Waals surface area contributed by atoms with Crippen LogP contribution in [0.15, 0.2) is 30.3 Å². The summed E-state index contributed by atoms with van der Waals surface area (Å²) in [5.74, 6) is -1.36. The molecule has 0 atom stereocenters. The number of benzene rings is 2. The first-order valence-corrected chi connectivity index (χ1v) is 9.99. The van der Waals surface area contributed by atoms with Crippen molar-refractivity contribution in [2.45, 2.75) is 45.7 Å². The molecule has 1 aliphatic carbocycles. The molecule has 30 heavy (non-hydrogen) atoms. The quantitative estimate of drug-likeness (QED) is 0.497. The Morgan fingerprint density at radius 2 is 1.73 bits per heavy atom. The van der Waals surface area contributed by atoms with Crippen LogP contribution in [0.4, 0.5) is 10.1 Å². The van der Waals surface area contributed by atoms with Crippen LogP contribution in [0.3, 0.4) is 0 Å². The molecule has 2 aromatic carbocycles. The third-order valence-corrected chi connectivity index (χ3v) is 5.80. The zero-order valence-electron chi connectivity index (χ0n) is 17.2. The van der Waals surface area contributed by atoms with E-state index in [2.05, 4.69) is 21.7 Å². The van der Waals surface area contributed by atoms with Crippen molar-refractivity contribution >= 4 is 28.4 Å². The number of H-pyrrole nitrogens is 1. The molecule has 0 radical (unpaired) electrons. The molecule has 2 amide bonds. The number of halogens is 1. The van der Waals surface area contributed by atoms with E-state index in [1.54, 1.807) is 6.07 Å². The molecular formula is C23H25FN4O2. The largest absolute Gasteiger partial charge is 0.396 e. The van der Waals surface area contributed by atoms with E-state index in [0.717, 1.165) is 27.6 Å². The van der Waals surface area contributed by atoms with Gasteiger partial charge in [-0.05, 0) is 68.5 Å². The van der Waals surface area contributed by atoms with Gasteiger partial charge in [0.2, 0.25) is 0 Å². The summed E-state index contributed by atoms with van der Waals surface area (Å²) in [6.45, 7) is 6.01. The van der Waals surface area contributed by atoms with Gasteiger partial charge in [-0.25, -0.2) is 4.39 Å². The summed E-state index contributed by atoms with van der Waals surface area (Å²) in [7, 11) is 0. The molecule has 6 nitrogen and oxygen atoms in total. The molecule has 0 spiro atoms. The number of nitrogen functional groups attached to an aromatic ring is 1. The molecule has 1 heterocycles. The van der Waals surface area contributed by atoms with Gasteiger partial charge >= 0.3 is 0 Å². The molecule has 1 saturated carbocycles. The highest BCUT2D eigenvalue weighted by Crippen LogP contribution is 2.27. The highest BCUT2D eigenvalue weighted by atomic mass is 19.1. The van der Waals surface area contributed by atoms with Gasteiger partial charge in [0.1, 0.15) is 5.69 Å². The van der Waals surface area contributed by atoms with Crippen LogP contribution in [0.25, 0.3) is 10.9 Å². The van der Waals surface area contributed by atoms with Gasteiger partial charge in [0.25, 0.3) is 11.8 Å². The van der Waals surface area contributed by atoms with E-state index in [4.69, 9.17) is 5.73 Å². The van der Waals surface area contributed by atoms with Crippen molar-refractivity contribution in [1.82, 2.24) is 15.6 Å². The molecule has 5 N–H and O–H groups in total. The molecule has 1 fully saturated rings. The molecule has 0 unspecified atom stereocenters. The average Bonchev–Trinajstić information content (AvgIpc) is 2.98. The van der Waals surface area contributed by atoms with Crippen molar-refractivity contribution in [2.75, 3.05) is 5.73 Å². The Balaban J connectivity index is 1.37. The maximum atomic E-state index is 14.0. The molecule has 0 saturated heterocycles. The topological polar surface area (TPSA) is 100 Å². The fourth-order valence-electron chi connectivity index (χ4n) is 4.24. The van der Waals surface area contributed by atoms with Gasteiger partial charge in [-0.3, -0.25) is 9.59 Å². The van der Waals surface area contributed by atoms with E-state index in [0.29, 0.717) is 18.5 Å². The molecule has 1 aliphatic rings. The zero-order chi connectivity index (χ0) is 21.6. The normalized spacial score (nSPS) is 18.1. The first-order valence-electron chi connectivity index (χ1n) is 9.99. The van der Waals surface area contributed by atoms with E-state index in [1.165, 1.54) is 12.1 Å². The summed E-state index contributed by atoms with van der Waals surface area (Å²) in [5, 5.41) is 6.89. The van der Waals surface area contributed by atoms with Gasteiger partial charge in [-0.15, -0.1) is 0 Å². The van der Waals surface area contributed by atoms with Gasteiger partial charge in [0.15, 0.2) is 5.82 Å². The highest BCUT2D eigenvalue weighted by molar-refractivity contribution is 6.02. The Bertz CT molecular complexity index is 1160. The average molecular weight is 408 g/mol. The fraction of sp³-hybridized carbons (Fsp3) is 0.304. The second-order valence-corrected chi connectivity index (χ2v) is 8.15. The first-order chi connectivity index (χ1) is 14.2. The number of amides is 2. The van der Waals surface area contributed by atoms with Crippen LogP contribution < -0.4 is 16.4 Å². The first kappa shape index (κ1) is 19.9. The van der Waals surface area contributed by atoms with E-state index >= 15 is 0 Å². The minimum atomic E-state index is -0.709. The van der Waals surface area contributed by atoms with Crippen LogP contribution in [0, 0.1) is 26.6 Å². The van der Waals surface area contributed by atoms with E-state index in [1.807, 2.05) is 26.8 Å². The number of aromatic nitrogens is 1. The minimum Gasteiger partial charge on any atom is -0.396 e. The number of nitrogens with one attached hydrogen (secondary N) is 3. The zero-order valence-corrected chi connectivity index (χ0v) is 17.2. The Kier molecular flexibility index (Phi) is 4.97. The van der Waals surface area contributed by atoms with Crippen LogP contribution in [0.2, 0.25) is 0 Å². The fourth-order valence-corrected chi connectivity index (χ4v) is 4.24. The third kappa shape index (κ3) is 3.51. The van der Waals surface area contributed by atoms with Crippen LogP contribution in [-0.4, -0.2) is 28.9 Å². The van der Waals surface area contributed by atoms with Crippen molar-refractivity contribution in [1.29, 1.82) is 0 Å². The molecule has 0 aliphatic heterocycles. The van der Waals surface area contributed by atoms with Crippen molar-refractivity contribution in [3.05, 3.63) is 64.1 Å². The summed E-state index contributed by atoms with van der Waals surface area (Å²) >= 11 is 0. The lowest BCUT2D eigenvalue weighted by molar-refractivity contribution is 0.0858. The van der Waals surface area contributed by atoms with Crippen LogP contribution in [-0.2, 0) is 0 Å². The summed E-state index contributed by atoms with van der Waals surface area (Å²) in [6, 6.07) is 8.35. The maximum absolute atomic E-state index is 14.0. The van der Waals surface area contributed by atoms with Gasteiger partial charge < -0.3 is 21.4 Å². The molecule has 3 aromatic rings. The summed E-state index contributed by atoms with van der Waals surface area (Å²) in [4.78, 5) is 28.3. The number of aromatic amines is 1. The standard InChI is InChI=1S/C23H25FN4O2/c1-11-7-12(2)19-13(3)21(28-18(19)8-11)23(30)27-15-9-14(10-15)26-22(29)16-5-4-6-17(25)20(16)24/h4-8,14-15,28H,9-10,25H2,1-3H3,(H,26,29)(H,27,30). The third-order valence-electron chi connectivity index (χ3n) is 5.80. The van der Waals surface area contributed by atoms with E-state index in [-0.39, 0.29) is 29.2 Å². The van der Waals surface area contributed by atoms with Crippen LogP contribution >= 0.6 is 0 Å². The highest BCUT2D eigenvalue weighted by Gasteiger charge is 2.33. The molecular weight excluding hydrogens is 383 g/mol. The molecule has 0 bridgehead atoms. The number of fused-ring (bicyclic) bond motifs is 1. The number of rotatable bonds is 4. The van der Waals surface area contributed by atoms with E-state index < -0.39 is 11.7 Å². The van der Waals surface area contributed by atoms with Crippen molar-refractivity contribution in [3.63, 3.8) is 0 Å². The smallest absolute Gasteiger partial charge is 0.268 e. The maximum Gasteiger partial charge on any atom is 0.268 e. The Morgan fingerprint density at radius 1 is 1.07 bits per heavy atom. The van der Waals surface area contributed by atoms with Gasteiger partial charge in [0.05, 0.1) is 11.3 Å². The summed E-state index contributed by atoms with van der Waals surface area (Å²) in [6.07, 6.45) is 1.19. The number of hydrogen-bond acceptors (Lipinski definition) is 3. The predicted molar refractivity (Wildman–Crippen MR) is 115 cm³/mol. The second-order valence-electron chi connectivity index (χ2n) is 8.15. The monoisotopic (exact) mass is 408 g/mol. The van der Waals surface area contributed by atoms with Gasteiger partial charge in [-0.2, -0.15) is 0 Å². The molecule has 7 heteroatoms. The lowest BCUT2D eigenvalue weighted by atomic mass is 9.86. The van der Waals surface area contributed by atoms with Crippen molar-refractivity contribution < 1.29 is 14.0 Å². The predicted octanol–water partition coefficient (Wildman–Crippen LogP) is 3.51. The lowest BCUT2D eigenvalue weighted by Crippen LogP contribution is -2.53. The Hall–Kier alpha value is -3.35. The van der Waals surface area contributed by atoms with Gasteiger partial charge in [-0.1, -0.05) is 12.1 Å². The number of carbonyl (C=O) groups excluding carboxylic acids is 2. The number of aryl methyl sites for hydroxylation is 3. The van der Waals surface area contributed by atoms with Crippen molar-refractivity contribution in [3.8, 4) is 0 Å². The number of anilines is 1. The van der Waals surface area contributed by atoms with Crippen LogP contribution in [0.1, 0.15) is 50.4 Å². The van der Waals surface area contributed by atoms with Crippen LogP contribution in [0.5, 0.6) is 0 Å².